The van der Waals surface area contributed by atoms with E-state index in [4.69, 9.17) is 9.47 Å². The standard InChI is InChI=1S/C64H82FN7O9/c1-39(47-26-18-19-28-49(47)65)70(56(75)51-33-43-22-14-15-23-45(43)37-71(51)57(76)52(61(2,3)4)68-59(78)80-63(8,9)10)36-40-29-31-42(32-30-40)54(73)67-46-34-50(55(74)66-35-44-25-20-24-41-21-16-17-27-48(41)44)72(38-46)58(77)53(62(5,6)7)69-60(79)81-64(11,12)13/h14-19,21-23,26-32,39,44,50-53H,20,24-25,33-38H2,1-13H3,(H,66,74)(H,68,78)(H,69,79)/t39-,44+,50+,51+,52-,53-/m1/s1. The molecular formula is C64H82FN7O9. The first kappa shape index (κ1) is 61.2. The van der Waals surface area contributed by atoms with E-state index in [-0.39, 0.29) is 49.5 Å². The van der Waals surface area contributed by atoms with Gasteiger partial charge in [-0.2, -0.15) is 0 Å². The Hall–Kier alpha value is -7.43. The zero-order valence-electron chi connectivity index (χ0n) is 49.4. The van der Waals surface area contributed by atoms with E-state index < -0.39 is 99.8 Å². The molecule has 7 amide bonds. The highest BCUT2D eigenvalue weighted by molar-refractivity contribution is 6.09. The maximum atomic E-state index is 15.8. The van der Waals surface area contributed by atoms with Gasteiger partial charge in [0.2, 0.25) is 23.6 Å². The van der Waals surface area contributed by atoms with Gasteiger partial charge in [0, 0.05) is 55.2 Å². The summed E-state index contributed by atoms with van der Waals surface area (Å²) in [6.45, 7) is 23.2. The Labute approximate surface area is 477 Å². The lowest BCUT2D eigenvalue weighted by Gasteiger charge is -2.43. The number of aliphatic imine (C=N–C) groups is 1. The highest BCUT2D eigenvalue weighted by Crippen LogP contribution is 2.35. The van der Waals surface area contributed by atoms with Gasteiger partial charge in [-0.25, -0.2) is 19.0 Å². The molecule has 0 saturated carbocycles. The van der Waals surface area contributed by atoms with E-state index in [1.165, 1.54) is 31.9 Å². The number of nitrogens with one attached hydrogen (secondary N) is 3. The van der Waals surface area contributed by atoms with Crippen molar-refractivity contribution in [3.63, 3.8) is 0 Å². The molecule has 1 aliphatic carbocycles. The third-order valence-electron chi connectivity index (χ3n) is 15.0. The summed E-state index contributed by atoms with van der Waals surface area (Å²) in [5, 5.41) is 8.66. The second-order valence-electron chi connectivity index (χ2n) is 25.9. The third-order valence-corrected chi connectivity index (χ3v) is 15.0. The fourth-order valence-corrected chi connectivity index (χ4v) is 10.9. The van der Waals surface area contributed by atoms with Gasteiger partial charge >= 0.3 is 12.2 Å². The van der Waals surface area contributed by atoms with Crippen LogP contribution in [-0.4, -0.2) is 111 Å². The summed E-state index contributed by atoms with van der Waals surface area (Å²) in [6.07, 6.45) is 1.38. The van der Waals surface area contributed by atoms with Crippen LogP contribution in [0.1, 0.15) is 165 Å². The van der Waals surface area contributed by atoms with Crippen LogP contribution in [-0.2, 0) is 54.6 Å². The fraction of sp³-hybridized carbons (Fsp3) is 0.500. The molecule has 0 aromatic heterocycles. The number of hydrogen-bond acceptors (Lipinski definition) is 9. The summed E-state index contributed by atoms with van der Waals surface area (Å²) < 4.78 is 26.9. The van der Waals surface area contributed by atoms with Crippen molar-refractivity contribution >= 4 is 47.4 Å². The lowest BCUT2D eigenvalue weighted by Crippen LogP contribution is -2.61. The topological polar surface area (TPSA) is 196 Å². The van der Waals surface area contributed by atoms with Crippen molar-refractivity contribution in [2.45, 2.75) is 183 Å². The summed E-state index contributed by atoms with van der Waals surface area (Å²) in [6, 6.07) is 23.3. The second kappa shape index (κ2) is 24.7. The number of benzene rings is 4. The van der Waals surface area contributed by atoms with E-state index in [2.05, 4.69) is 33.1 Å². The number of rotatable bonds is 13. The van der Waals surface area contributed by atoms with Crippen LogP contribution in [0.2, 0.25) is 0 Å². The molecule has 17 heteroatoms. The normalized spacial score (nSPS) is 19.0. The van der Waals surface area contributed by atoms with E-state index in [0.29, 0.717) is 17.8 Å². The second-order valence-corrected chi connectivity index (χ2v) is 25.9. The van der Waals surface area contributed by atoms with Crippen molar-refractivity contribution in [3.8, 4) is 0 Å². The zero-order valence-corrected chi connectivity index (χ0v) is 49.4. The fourth-order valence-electron chi connectivity index (χ4n) is 10.9. The zero-order chi connectivity index (χ0) is 59.4. The highest BCUT2D eigenvalue weighted by Gasteiger charge is 2.46. The van der Waals surface area contributed by atoms with Crippen molar-refractivity contribution in [3.05, 3.63) is 142 Å². The van der Waals surface area contributed by atoms with E-state index >= 15 is 9.18 Å². The number of carbonyl (C=O) groups is 7. The number of halogens is 1. The molecule has 1 fully saturated rings. The SMILES string of the molecule is C[C@H](c1ccccc1F)N(Cc1ccc(C(=O)N=C2C[C@@H](C(=O)NC[C@@H]3CCCc4ccccc43)N(C(=O)[C@@H](NC(=O)OC(C)(C)C)C(C)(C)C)C2)cc1)C(=O)[C@@H]1Cc2ccccc2CN1C(=O)[C@@H](NC(=O)OC(C)(C)C)C(C)(C)C. The molecule has 7 rings (SSSR count). The number of aryl methyl sites for hydroxylation is 1. The minimum Gasteiger partial charge on any atom is -0.444 e. The van der Waals surface area contributed by atoms with Crippen LogP contribution < -0.4 is 16.0 Å². The van der Waals surface area contributed by atoms with Gasteiger partial charge < -0.3 is 40.1 Å². The van der Waals surface area contributed by atoms with Gasteiger partial charge in [0.25, 0.3) is 5.91 Å². The molecule has 0 radical (unpaired) electrons. The molecule has 16 nitrogen and oxygen atoms in total. The molecule has 3 N–H and O–H groups in total. The first-order valence-corrected chi connectivity index (χ1v) is 28.2. The van der Waals surface area contributed by atoms with Crippen molar-refractivity contribution < 1.29 is 47.4 Å². The van der Waals surface area contributed by atoms with E-state index in [1.54, 1.807) is 112 Å². The van der Waals surface area contributed by atoms with Crippen LogP contribution >= 0.6 is 0 Å². The Balaban J connectivity index is 1.16. The Bertz CT molecular complexity index is 3020. The van der Waals surface area contributed by atoms with Crippen LogP contribution in [0.4, 0.5) is 14.0 Å². The Morgan fingerprint density at radius 2 is 1.19 bits per heavy atom. The number of hydrogen-bond donors (Lipinski definition) is 3. The number of amides is 7. The average molecular weight is 1110 g/mol. The smallest absolute Gasteiger partial charge is 0.408 e. The van der Waals surface area contributed by atoms with Gasteiger partial charge in [-0.3, -0.25) is 24.0 Å². The first-order valence-electron chi connectivity index (χ1n) is 28.2. The lowest BCUT2D eigenvalue weighted by molar-refractivity contribution is -0.151. The first-order chi connectivity index (χ1) is 37.9. The van der Waals surface area contributed by atoms with Crippen molar-refractivity contribution in [1.82, 2.24) is 30.7 Å². The van der Waals surface area contributed by atoms with Gasteiger partial charge in [-0.05, 0) is 125 Å². The van der Waals surface area contributed by atoms with E-state index in [1.807, 2.05) is 57.2 Å². The van der Waals surface area contributed by atoms with Gasteiger partial charge in [-0.15, -0.1) is 0 Å². The number of alkyl carbamates (subject to hydrolysis) is 2. The lowest BCUT2D eigenvalue weighted by atomic mass is 9.83. The molecule has 0 spiro atoms. The predicted molar refractivity (Wildman–Crippen MR) is 309 cm³/mol. The molecule has 4 aromatic rings. The molecule has 0 unspecified atom stereocenters. The number of likely N-dealkylation sites (tertiary alicyclic amines) is 1. The molecule has 0 bridgehead atoms. The molecule has 81 heavy (non-hydrogen) atoms. The Morgan fingerprint density at radius 3 is 1.75 bits per heavy atom. The number of ether oxygens (including phenoxy) is 2. The summed E-state index contributed by atoms with van der Waals surface area (Å²) >= 11 is 0. The van der Waals surface area contributed by atoms with Crippen molar-refractivity contribution in [1.29, 1.82) is 0 Å². The third kappa shape index (κ3) is 15.5. The minimum atomic E-state index is -1.11. The molecule has 6 atom stereocenters. The highest BCUT2D eigenvalue weighted by atomic mass is 19.1. The Kier molecular flexibility index (Phi) is 18.7. The quantitative estimate of drug-likeness (QED) is 0.117. The molecule has 3 aliphatic rings. The van der Waals surface area contributed by atoms with Crippen LogP contribution in [0, 0.1) is 16.6 Å². The number of carbonyl (C=O) groups excluding carboxylic acids is 7. The van der Waals surface area contributed by atoms with Gasteiger partial charge in [0.1, 0.15) is 41.2 Å². The Morgan fingerprint density at radius 1 is 0.654 bits per heavy atom. The van der Waals surface area contributed by atoms with Crippen LogP contribution in [0.15, 0.2) is 102 Å². The molecule has 2 heterocycles. The van der Waals surface area contributed by atoms with E-state index in [0.717, 1.165) is 30.4 Å². The largest absolute Gasteiger partial charge is 0.444 e. The summed E-state index contributed by atoms with van der Waals surface area (Å²) in [7, 11) is 0. The maximum absolute atomic E-state index is 15.8. The summed E-state index contributed by atoms with van der Waals surface area (Å²) in [5.41, 5.74) is 2.17. The maximum Gasteiger partial charge on any atom is 0.408 e. The molecular weight excluding hydrogens is 1030 g/mol. The average Bonchev–Trinajstić information content (AvgIpc) is 3.90. The molecule has 2 aliphatic heterocycles. The van der Waals surface area contributed by atoms with Crippen LogP contribution in [0.25, 0.3) is 0 Å². The molecule has 1 saturated heterocycles. The molecule has 434 valence electrons. The summed E-state index contributed by atoms with van der Waals surface area (Å²) in [4.78, 5) is 109. The van der Waals surface area contributed by atoms with Crippen LogP contribution in [0.3, 0.4) is 0 Å². The van der Waals surface area contributed by atoms with E-state index in [9.17, 15) is 28.8 Å². The number of fused-ring (bicyclic) bond motifs is 2. The minimum absolute atomic E-state index is 0.0321. The van der Waals surface area contributed by atoms with Crippen molar-refractivity contribution in [2.24, 2.45) is 15.8 Å². The van der Waals surface area contributed by atoms with Gasteiger partial charge in [-0.1, -0.05) is 120 Å². The predicted octanol–water partition coefficient (Wildman–Crippen LogP) is 10.2. The number of nitrogens with zero attached hydrogens (tertiary/aromatic N) is 4. The van der Waals surface area contributed by atoms with Gasteiger partial charge in [0.15, 0.2) is 0 Å². The molecule has 4 aromatic carbocycles. The van der Waals surface area contributed by atoms with Crippen molar-refractivity contribution in [2.75, 3.05) is 13.1 Å². The van der Waals surface area contributed by atoms with Gasteiger partial charge in [0.05, 0.1) is 12.6 Å². The summed E-state index contributed by atoms with van der Waals surface area (Å²) in [5.74, 6) is -2.94. The van der Waals surface area contributed by atoms with Crippen LogP contribution in [0.5, 0.6) is 0 Å². The monoisotopic (exact) mass is 1110 g/mol.